The summed E-state index contributed by atoms with van der Waals surface area (Å²) >= 11 is 0. The van der Waals surface area contributed by atoms with Crippen molar-refractivity contribution in [2.75, 3.05) is 38.2 Å². The number of fused-ring (bicyclic) bond motifs is 1. The van der Waals surface area contributed by atoms with Gasteiger partial charge in [-0.2, -0.15) is 0 Å². The number of aromatic nitrogens is 2. The summed E-state index contributed by atoms with van der Waals surface area (Å²) in [5, 5.41) is 0.170. The van der Waals surface area contributed by atoms with E-state index in [1.807, 2.05) is 24.3 Å². The first kappa shape index (κ1) is 18.9. The quantitative estimate of drug-likeness (QED) is 0.674. The van der Waals surface area contributed by atoms with E-state index in [-0.39, 0.29) is 17.8 Å². The molecule has 0 N–H and O–H groups in total. The van der Waals surface area contributed by atoms with Gasteiger partial charge in [-0.25, -0.2) is 9.37 Å². The Bertz CT molecular complexity index is 1110. The SMILES string of the molecule is COc1cccc(N2CCN(C(=O)Cn3cnc4ccc(F)cc4c3=O)CC2)c1. The van der Waals surface area contributed by atoms with Crippen LogP contribution in [0.25, 0.3) is 10.9 Å². The predicted octanol–water partition coefficient (Wildman–Crippen LogP) is 1.89. The predicted molar refractivity (Wildman–Crippen MR) is 108 cm³/mol. The molecular formula is C21H21FN4O3. The van der Waals surface area contributed by atoms with E-state index in [9.17, 15) is 14.0 Å². The zero-order valence-corrected chi connectivity index (χ0v) is 16.0. The number of methoxy groups -OCH3 is 1. The summed E-state index contributed by atoms with van der Waals surface area (Å²) in [6.07, 6.45) is 1.34. The summed E-state index contributed by atoms with van der Waals surface area (Å²) in [6, 6.07) is 11.7. The van der Waals surface area contributed by atoms with Gasteiger partial charge in [0.15, 0.2) is 0 Å². The summed E-state index contributed by atoms with van der Waals surface area (Å²) in [6.45, 7) is 2.38. The van der Waals surface area contributed by atoms with Gasteiger partial charge < -0.3 is 14.5 Å². The molecule has 1 saturated heterocycles. The largest absolute Gasteiger partial charge is 0.497 e. The molecule has 0 saturated carbocycles. The molecule has 29 heavy (non-hydrogen) atoms. The first-order valence-corrected chi connectivity index (χ1v) is 9.36. The van der Waals surface area contributed by atoms with Crippen LogP contribution in [0.3, 0.4) is 0 Å². The number of carbonyl (C=O) groups is 1. The molecule has 0 aliphatic carbocycles. The number of nitrogens with zero attached hydrogens (tertiary/aromatic N) is 4. The second-order valence-electron chi connectivity index (χ2n) is 6.91. The fourth-order valence-electron chi connectivity index (χ4n) is 3.51. The molecule has 1 aliphatic rings. The Labute approximate surface area is 166 Å². The molecule has 1 amide bonds. The zero-order chi connectivity index (χ0) is 20.4. The molecule has 1 aliphatic heterocycles. The monoisotopic (exact) mass is 396 g/mol. The molecule has 4 rings (SSSR count). The van der Waals surface area contributed by atoms with Gasteiger partial charge in [0, 0.05) is 37.9 Å². The highest BCUT2D eigenvalue weighted by Crippen LogP contribution is 2.22. The van der Waals surface area contributed by atoms with E-state index in [2.05, 4.69) is 9.88 Å². The van der Waals surface area contributed by atoms with Gasteiger partial charge in [-0.15, -0.1) is 0 Å². The molecule has 0 unspecified atom stereocenters. The van der Waals surface area contributed by atoms with E-state index in [4.69, 9.17) is 4.74 Å². The van der Waals surface area contributed by atoms with Crippen molar-refractivity contribution in [1.82, 2.24) is 14.5 Å². The molecule has 7 nitrogen and oxygen atoms in total. The number of hydrogen-bond donors (Lipinski definition) is 0. The number of ether oxygens (including phenoxy) is 1. The van der Waals surface area contributed by atoms with E-state index in [0.29, 0.717) is 31.7 Å². The Balaban J connectivity index is 1.43. The highest BCUT2D eigenvalue weighted by atomic mass is 19.1. The lowest BCUT2D eigenvalue weighted by molar-refractivity contribution is -0.132. The smallest absolute Gasteiger partial charge is 0.261 e. The van der Waals surface area contributed by atoms with Gasteiger partial charge in [-0.3, -0.25) is 14.2 Å². The zero-order valence-electron chi connectivity index (χ0n) is 16.0. The highest BCUT2D eigenvalue weighted by Gasteiger charge is 2.22. The van der Waals surface area contributed by atoms with Crippen LogP contribution in [-0.4, -0.2) is 53.6 Å². The van der Waals surface area contributed by atoms with Crippen LogP contribution in [0.4, 0.5) is 10.1 Å². The van der Waals surface area contributed by atoms with Crippen molar-refractivity contribution < 1.29 is 13.9 Å². The van der Waals surface area contributed by atoms with Crippen LogP contribution in [0.15, 0.2) is 53.6 Å². The molecule has 1 aromatic heterocycles. The van der Waals surface area contributed by atoms with Gasteiger partial charge in [0.1, 0.15) is 18.1 Å². The number of hydrogen-bond acceptors (Lipinski definition) is 5. The van der Waals surface area contributed by atoms with Crippen LogP contribution >= 0.6 is 0 Å². The standard InChI is InChI=1S/C21H21FN4O3/c1-29-17-4-2-3-16(12-17)24-7-9-25(10-8-24)20(27)13-26-14-23-19-6-5-15(22)11-18(19)21(26)28/h2-6,11-12,14H,7-10,13H2,1H3. The van der Waals surface area contributed by atoms with Crippen LogP contribution in [0.1, 0.15) is 0 Å². The van der Waals surface area contributed by atoms with Gasteiger partial charge in [0.05, 0.1) is 24.3 Å². The molecule has 0 atom stereocenters. The minimum absolute atomic E-state index is 0.114. The summed E-state index contributed by atoms with van der Waals surface area (Å²) < 4.78 is 20.0. The fraction of sp³-hybridized carbons (Fsp3) is 0.286. The molecule has 0 radical (unpaired) electrons. The number of anilines is 1. The first-order chi connectivity index (χ1) is 14.0. The third-order valence-electron chi connectivity index (χ3n) is 5.14. The molecular weight excluding hydrogens is 375 g/mol. The van der Waals surface area contributed by atoms with Crippen molar-refractivity contribution in [3.05, 3.63) is 65.0 Å². The minimum Gasteiger partial charge on any atom is -0.497 e. The molecule has 2 heterocycles. The van der Waals surface area contributed by atoms with Crippen LogP contribution in [0.2, 0.25) is 0 Å². The maximum absolute atomic E-state index is 13.5. The average Bonchev–Trinajstić information content (AvgIpc) is 2.76. The van der Waals surface area contributed by atoms with Gasteiger partial charge >= 0.3 is 0 Å². The number of halogens is 1. The Morgan fingerprint density at radius 3 is 2.69 bits per heavy atom. The van der Waals surface area contributed by atoms with Crippen LogP contribution in [0.5, 0.6) is 5.75 Å². The first-order valence-electron chi connectivity index (χ1n) is 9.36. The van der Waals surface area contributed by atoms with Crippen molar-refractivity contribution >= 4 is 22.5 Å². The second-order valence-corrected chi connectivity index (χ2v) is 6.91. The van der Waals surface area contributed by atoms with E-state index in [0.717, 1.165) is 17.5 Å². The lowest BCUT2D eigenvalue weighted by atomic mass is 10.2. The molecule has 2 aromatic carbocycles. The lowest BCUT2D eigenvalue weighted by Crippen LogP contribution is -2.50. The Morgan fingerprint density at radius 2 is 1.93 bits per heavy atom. The van der Waals surface area contributed by atoms with Gasteiger partial charge in [0.25, 0.3) is 5.56 Å². The second kappa shape index (κ2) is 7.90. The van der Waals surface area contributed by atoms with Gasteiger partial charge in [-0.05, 0) is 30.3 Å². The van der Waals surface area contributed by atoms with Crippen LogP contribution in [-0.2, 0) is 11.3 Å². The Hall–Kier alpha value is -3.42. The fourth-order valence-corrected chi connectivity index (χ4v) is 3.51. The molecule has 150 valence electrons. The van der Waals surface area contributed by atoms with Crippen molar-refractivity contribution in [3.8, 4) is 5.75 Å². The number of piperazine rings is 1. The van der Waals surface area contributed by atoms with E-state index >= 15 is 0 Å². The van der Waals surface area contributed by atoms with E-state index in [1.165, 1.54) is 23.0 Å². The summed E-state index contributed by atoms with van der Waals surface area (Å²) in [5.74, 6) is 0.129. The van der Waals surface area contributed by atoms with Crippen molar-refractivity contribution in [2.45, 2.75) is 6.54 Å². The summed E-state index contributed by atoms with van der Waals surface area (Å²) in [5.41, 5.74) is 1.04. The minimum atomic E-state index is -0.505. The van der Waals surface area contributed by atoms with Gasteiger partial charge in [0.2, 0.25) is 5.91 Å². The van der Waals surface area contributed by atoms with Crippen molar-refractivity contribution in [1.29, 1.82) is 0 Å². The molecule has 1 fully saturated rings. The maximum atomic E-state index is 13.5. The maximum Gasteiger partial charge on any atom is 0.261 e. The third-order valence-corrected chi connectivity index (χ3v) is 5.14. The van der Waals surface area contributed by atoms with Crippen LogP contribution in [0, 0.1) is 5.82 Å². The molecule has 8 heteroatoms. The highest BCUT2D eigenvalue weighted by molar-refractivity contribution is 5.79. The van der Waals surface area contributed by atoms with E-state index < -0.39 is 11.4 Å². The van der Waals surface area contributed by atoms with Crippen molar-refractivity contribution in [2.24, 2.45) is 0 Å². The number of amides is 1. The van der Waals surface area contributed by atoms with Crippen molar-refractivity contribution in [3.63, 3.8) is 0 Å². The number of carbonyl (C=O) groups excluding carboxylic acids is 1. The topological polar surface area (TPSA) is 67.7 Å². The Morgan fingerprint density at radius 1 is 1.14 bits per heavy atom. The van der Waals surface area contributed by atoms with Gasteiger partial charge in [-0.1, -0.05) is 6.07 Å². The normalized spacial score (nSPS) is 14.3. The molecule has 3 aromatic rings. The molecule has 0 bridgehead atoms. The summed E-state index contributed by atoms with van der Waals surface area (Å²) in [7, 11) is 1.63. The number of benzene rings is 2. The summed E-state index contributed by atoms with van der Waals surface area (Å²) in [4.78, 5) is 33.3. The molecule has 0 spiro atoms. The van der Waals surface area contributed by atoms with E-state index in [1.54, 1.807) is 12.0 Å². The third kappa shape index (κ3) is 3.91. The lowest BCUT2D eigenvalue weighted by Gasteiger charge is -2.36. The van der Waals surface area contributed by atoms with Crippen LogP contribution < -0.4 is 15.2 Å². The number of rotatable bonds is 4. The Kier molecular flexibility index (Phi) is 5.16. The average molecular weight is 396 g/mol.